The standard InChI is InChI=1S/C15H21N/c1-4-15(16)9-8-13-6-5-7-14(11-13)10-12(2)3/h5-7,11-12,15H,4,10,16H2,1-3H3. The van der Waals surface area contributed by atoms with Crippen molar-refractivity contribution in [3.05, 3.63) is 35.4 Å². The van der Waals surface area contributed by atoms with Gasteiger partial charge in [-0.15, -0.1) is 0 Å². The molecule has 0 spiro atoms. The summed E-state index contributed by atoms with van der Waals surface area (Å²) in [6.45, 7) is 6.51. The normalized spacial score (nSPS) is 12.1. The fourth-order valence-corrected chi connectivity index (χ4v) is 1.53. The van der Waals surface area contributed by atoms with Gasteiger partial charge in [-0.1, -0.05) is 44.7 Å². The average molecular weight is 215 g/mol. The van der Waals surface area contributed by atoms with Crippen LogP contribution in [-0.2, 0) is 6.42 Å². The molecule has 0 radical (unpaired) electrons. The number of hydrogen-bond acceptors (Lipinski definition) is 1. The SMILES string of the molecule is CCC(N)C#Cc1cccc(CC(C)C)c1. The van der Waals surface area contributed by atoms with Crippen LogP contribution in [0.3, 0.4) is 0 Å². The minimum Gasteiger partial charge on any atom is -0.318 e. The second-order valence-corrected chi connectivity index (χ2v) is 4.58. The molecule has 2 N–H and O–H groups in total. The molecule has 0 saturated carbocycles. The van der Waals surface area contributed by atoms with E-state index in [0.717, 1.165) is 18.4 Å². The Morgan fingerprint density at radius 1 is 1.31 bits per heavy atom. The molecule has 1 unspecified atom stereocenters. The molecule has 0 aliphatic carbocycles. The van der Waals surface area contributed by atoms with E-state index in [0.29, 0.717) is 5.92 Å². The summed E-state index contributed by atoms with van der Waals surface area (Å²) in [4.78, 5) is 0. The van der Waals surface area contributed by atoms with E-state index in [1.54, 1.807) is 0 Å². The van der Waals surface area contributed by atoms with E-state index in [1.807, 2.05) is 6.07 Å². The molecule has 16 heavy (non-hydrogen) atoms. The molecule has 1 nitrogen and oxygen atoms in total. The largest absolute Gasteiger partial charge is 0.318 e. The maximum Gasteiger partial charge on any atom is 0.0665 e. The molecule has 86 valence electrons. The van der Waals surface area contributed by atoms with E-state index in [1.165, 1.54) is 5.56 Å². The molecule has 0 aliphatic heterocycles. The summed E-state index contributed by atoms with van der Waals surface area (Å²) in [5.74, 6) is 6.87. The first-order chi connectivity index (χ1) is 7.61. The van der Waals surface area contributed by atoms with Crippen LogP contribution in [0.25, 0.3) is 0 Å². The summed E-state index contributed by atoms with van der Waals surface area (Å²) in [5.41, 5.74) is 8.19. The predicted octanol–water partition coefficient (Wildman–Crippen LogP) is 2.97. The zero-order chi connectivity index (χ0) is 12.0. The number of hydrogen-bond donors (Lipinski definition) is 1. The Bertz CT molecular complexity index is 382. The van der Waals surface area contributed by atoms with Crippen LogP contribution in [0.1, 0.15) is 38.3 Å². The highest BCUT2D eigenvalue weighted by Gasteiger charge is 1.98. The molecular weight excluding hydrogens is 194 g/mol. The van der Waals surface area contributed by atoms with Crippen LogP contribution >= 0.6 is 0 Å². The van der Waals surface area contributed by atoms with Gasteiger partial charge >= 0.3 is 0 Å². The molecule has 0 amide bonds. The summed E-state index contributed by atoms with van der Waals surface area (Å²) >= 11 is 0. The van der Waals surface area contributed by atoms with E-state index in [-0.39, 0.29) is 6.04 Å². The van der Waals surface area contributed by atoms with Crippen molar-refractivity contribution >= 4 is 0 Å². The van der Waals surface area contributed by atoms with E-state index in [4.69, 9.17) is 5.73 Å². The van der Waals surface area contributed by atoms with Crippen molar-refractivity contribution in [1.29, 1.82) is 0 Å². The molecule has 1 aromatic carbocycles. The Balaban J connectivity index is 2.77. The first-order valence-electron chi connectivity index (χ1n) is 5.98. The summed E-state index contributed by atoms with van der Waals surface area (Å²) < 4.78 is 0. The van der Waals surface area contributed by atoms with Crippen LogP contribution in [0.5, 0.6) is 0 Å². The molecular formula is C15H21N. The van der Waals surface area contributed by atoms with Gasteiger partial charge in [0.1, 0.15) is 0 Å². The minimum absolute atomic E-state index is 0.00578. The fourth-order valence-electron chi connectivity index (χ4n) is 1.53. The van der Waals surface area contributed by atoms with Crippen LogP contribution in [0.4, 0.5) is 0 Å². The molecule has 0 aromatic heterocycles. The quantitative estimate of drug-likeness (QED) is 0.771. The Labute approximate surface area is 99.1 Å². The zero-order valence-electron chi connectivity index (χ0n) is 10.5. The maximum absolute atomic E-state index is 5.77. The van der Waals surface area contributed by atoms with Gasteiger partial charge in [0.15, 0.2) is 0 Å². The third-order valence-corrected chi connectivity index (χ3v) is 2.41. The fraction of sp³-hybridized carbons (Fsp3) is 0.467. The van der Waals surface area contributed by atoms with E-state index >= 15 is 0 Å². The van der Waals surface area contributed by atoms with Crippen LogP contribution in [-0.4, -0.2) is 6.04 Å². The molecule has 0 saturated heterocycles. The zero-order valence-corrected chi connectivity index (χ0v) is 10.5. The number of nitrogens with two attached hydrogens (primary N) is 1. The molecule has 0 heterocycles. The molecule has 0 fully saturated rings. The maximum atomic E-state index is 5.77. The topological polar surface area (TPSA) is 26.0 Å². The first-order valence-corrected chi connectivity index (χ1v) is 5.98. The van der Waals surface area contributed by atoms with Crippen LogP contribution < -0.4 is 5.73 Å². The highest BCUT2D eigenvalue weighted by atomic mass is 14.6. The third-order valence-electron chi connectivity index (χ3n) is 2.41. The first kappa shape index (κ1) is 12.8. The molecule has 1 aromatic rings. The summed E-state index contributed by atoms with van der Waals surface area (Å²) in [6, 6.07) is 8.42. The van der Waals surface area contributed by atoms with Crippen molar-refractivity contribution in [2.45, 2.75) is 39.7 Å². The van der Waals surface area contributed by atoms with Crippen molar-refractivity contribution in [2.24, 2.45) is 11.7 Å². The molecule has 1 heteroatoms. The lowest BCUT2D eigenvalue weighted by molar-refractivity contribution is 0.647. The molecule has 0 bridgehead atoms. The predicted molar refractivity (Wildman–Crippen MR) is 70.1 cm³/mol. The van der Waals surface area contributed by atoms with Crippen LogP contribution in [0.15, 0.2) is 24.3 Å². The van der Waals surface area contributed by atoms with Gasteiger partial charge in [-0.3, -0.25) is 0 Å². The van der Waals surface area contributed by atoms with E-state index in [2.05, 4.69) is 50.8 Å². The lowest BCUT2D eigenvalue weighted by Crippen LogP contribution is -2.15. The smallest absolute Gasteiger partial charge is 0.0665 e. The van der Waals surface area contributed by atoms with Crippen molar-refractivity contribution in [1.82, 2.24) is 0 Å². The number of benzene rings is 1. The highest BCUT2D eigenvalue weighted by Crippen LogP contribution is 2.09. The van der Waals surface area contributed by atoms with Crippen molar-refractivity contribution in [3.63, 3.8) is 0 Å². The van der Waals surface area contributed by atoms with Crippen molar-refractivity contribution in [3.8, 4) is 11.8 Å². The van der Waals surface area contributed by atoms with Crippen molar-refractivity contribution in [2.75, 3.05) is 0 Å². The Kier molecular flexibility index (Phi) is 5.08. The average Bonchev–Trinajstić information content (AvgIpc) is 2.25. The van der Waals surface area contributed by atoms with E-state index < -0.39 is 0 Å². The second kappa shape index (κ2) is 6.35. The van der Waals surface area contributed by atoms with Gasteiger partial charge in [0.25, 0.3) is 0 Å². The summed E-state index contributed by atoms with van der Waals surface area (Å²) in [6.07, 6.45) is 2.01. The van der Waals surface area contributed by atoms with E-state index in [9.17, 15) is 0 Å². The van der Waals surface area contributed by atoms with Gasteiger partial charge in [-0.2, -0.15) is 0 Å². The summed E-state index contributed by atoms with van der Waals surface area (Å²) in [5, 5.41) is 0. The molecule has 1 rings (SSSR count). The summed E-state index contributed by atoms with van der Waals surface area (Å²) in [7, 11) is 0. The Morgan fingerprint density at radius 3 is 2.69 bits per heavy atom. The van der Waals surface area contributed by atoms with Crippen LogP contribution in [0.2, 0.25) is 0 Å². The monoisotopic (exact) mass is 215 g/mol. The second-order valence-electron chi connectivity index (χ2n) is 4.58. The van der Waals surface area contributed by atoms with Crippen LogP contribution in [0, 0.1) is 17.8 Å². The lowest BCUT2D eigenvalue weighted by Gasteiger charge is -2.04. The van der Waals surface area contributed by atoms with Gasteiger partial charge in [0, 0.05) is 5.56 Å². The van der Waals surface area contributed by atoms with Gasteiger partial charge in [-0.05, 0) is 36.5 Å². The third kappa shape index (κ3) is 4.51. The molecule has 1 atom stereocenters. The van der Waals surface area contributed by atoms with Gasteiger partial charge in [0.2, 0.25) is 0 Å². The highest BCUT2D eigenvalue weighted by molar-refractivity contribution is 5.38. The molecule has 0 aliphatic rings. The Morgan fingerprint density at radius 2 is 2.06 bits per heavy atom. The van der Waals surface area contributed by atoms with Gasteiger partial charge in [-0.25, -0.2) is 0 Å². The van der Waals surface area contributed by atoms with Gasteiger partial charge in [0.05, 0.1) is 6.04 Å². The minimum atomic E-state index is -0.00578. The lowest BCUT2D eigenvalue weighted by atomic mass is 10.0. The van der Waals surface area contributed by atoms with Crippen molar-refractivity contribution < 1.29 is 0 Å². The Hall–Kier alpha value is -1.26. The number of rotatable bonds is 3. The van der Waals surface area contributed by atoms with Gasteiger partial charge < -0.3 is 5.73 Å².